The number of rotatable bonds is 4. The lowest BCUT2D eigenvalue weighted by Gasteiger charge is -2.20. The number of nitrogen functional groups attached to an aromatic ring is 1. The highest BCUT2D eigenvalue weighted by Crippen LogP contribution is 2.27. The molecular weight excluding hydrogens is 206 g/mol. The SMILES string of the molecule is Nc1ccc(C(=O)N(CCO)C2CC2)nc1. The Bertz CT molecular complexity index is 373. The molecule has 86 valence electrons. The number of anilines is 1. The molecule has 0 aliphatic heterocycles. The predicted octanol–water partition coefficient (Wildman–Crippen LogP) is 0.261. The van der Waals surface area contributed by atoms with Gasteiger partial charge in [0.25, 0.3) is 5.91 Å². The Hall–Kier alpha value is -1.62. The number of carbonyl (C=O) groups is 1. The average molecular weight is 221 g/mol. The Kier molecular flexibility index (Phi) is 3.05. The van der Waals surface area contributed by atoms with Crippen molar-refractivity contribution in [2.75, 3.05) is 18.9 Å². The first kappa shape index (κ1) is 10.9. The molecule has 16 heavy (non-hydrogen) atoms. The topological polar surface area (TPSA) is 79.5 Å². The van der Waals surface area contributed by atoms with Gasteiger partial charge in [-0.15, -0.1) is 0 Å². The second-order valence-corrected chi connectivity index (χ2v) is 3.93. The molecule has 1 amide bonds. The van der Waals surface area contributed by atoms with Crippen molar-refractivity contribution in [3.8, 4) is 0 Å². The van der Waals surface area contributed by atoms with Gasteiger partial charge < -0.3 is 15.7 Å². The third-order valence-electron chi connectivity index (χ3n) is 2.59. The van der Waals surface area contributed by atoms with Crippen molar-refractivity contribution in [3.05, 3.63) is 24.0 Å². The smallest absolute Gasteiger partial charge is 0.272 e. The van der Waals surface area contributed by atoms with Crippen molar-refractivity contribution in [2.45, 2.75) is 18.9 Å². The lowest BCUT2D eigenvalue weighted by molar-refractivity contribution is 0.0702. The third kappa shape index (κ3) is 2.30. The minimum absolute atomic E-state index is 0.0167. The summed E-state index contributed by atoms with van der Waals surface area (Å²) in [5, 5.41) is 8.92. The van der Waals surface area contributed by atoms with Crippen LogP contribution >= 0.6 is 0 Å². The summed E-state index contributed by atoms with van der Waals surface area (Å²) in [6.07, 6.45) is 3.50. The molecule has 0 atom stereocenters. The van der Waals surface area contributed by atoms with Crippen LogP contribution in [0, 0.1) is 0 Å². The predicted molar refractivity (Wildman–Crippen MR) is 59.8 cm³/mol. The normalized spacial score (nSPS) is 14.8. The summed E-state index contributed by atoms with van der Waals surface area (Å²) in [6, 6.07) is 3.55. The van der Waals surface area contributed by atoms with E-state index in [0.717, 1.165) is 12.8 Å². The molecule has 3 N–H and O–H groups in total. The van der Waals surface area contributed by atoms with Gasteiger partial charge in [-0.3, -0.25) is 4.79 Å². The Balaban J connectivity index is 2.12. The second-order valence-electron chi connectivity index (χ2n) is 3.93. The molecule has 5 heteroatoms. The molecule has 2 rings (SSSR count). The first-order valence-corrected chi connectivity index (χ1v) is 5.35. The standard InChI is InChI=1S/C11H15N3O2/c12-8-1-4-10(13-7-8)11(16)14(5-6-15)9-2-3-9/h1,4,7,9,15H,2-3,5-6,12H2. The fourth-order valence-electron chi connectivity index (χ4n) is 1.62. The van der Waals surface area contributed by atoms with Gasteiger partial charge in [-0.05, 0) is 25.0 Å². The van der Waals surface area contributed by atoms with E-state index in [4.69, 9.17) is 10.8 Å². The van der Waals surface area contributed by atoms with Crippen LogP contribution in [0.25, 0.3) is 0 Å². The molecule has 0 bridgehead atoms. The van der Waals surface area contributed by atoms with Crippen molar-refractivity contribution in [2.24, 2.45) is 0 Å². The first-order valence-electron chi connectivity index (χ1n) is 5.35. The van der Waals surface area contributed by atoms with Gasteiger partial charge >= 0.3 is 0 Å². The molecule has 0 unspecified atom stereocenters. The van der Waals surface area contributed by atoms with Crippen molar-refractivity contribution >= 4 is 11.6 Å². The van der Waals surface area contributed by atoms with Crippen LogP contribution in [0.2, 0.25) is 0 Å². The highest BCUT2D eigenvalue weighted by molar-refractivity contribution is 5.92. The first-order chi connectivity index (χ1) is 7.72. The number of hydrogen-bond acceptors (Lipinski definition) is 4. The lowest BCUT2D eigenvalue weighted by atomic mass is 10.3. The molecule has 0 aromatic carbocycles. The number of hydrogen-bond donors (Lipinski definition) is 2. The quantitative estimate of drug-likeness (QED) is 0.764. The van der Waals surface area contributed by atoms with E-state index in [-0.39, 0.29) is 18.6 Å². The van der Waals surface area contributed by atoms with Crippen LogP contribution in [-0.4, -0.2) is 40.1 Å². The summed E-state index contributed by atoms with van der Waals surface area (Å²) >= 11 is 0. The molecule has 1 aliphatic carbocycles. The van der Waals surface area contributed by atoms with Crippen molar-refractivity contribution in [1.29, 1.82) is 0 Å². The number of aromatic nitrogens is 1. The van der Waals surface area contributed by atoms with Crippen molar-refractivity contribution in [1.82, 2.24) is 9.88 Å². The van der Waals surface area contributed by atoms with E-state index in [9.17, 15) is 4.79 Å². The largest absolute Gasteiger partial charge is 0.397 e. The summed E-state index contributed by atoms with van der Waals surface area (Å²) in [6.45, 7) is 0.354. The number of carbonyl (C=O) groups excluding carboxylic acids is 1. The highest BCUT2D eigenvalue weighted by atomic mass is 16.3. The van der Waals surface area contributed by atoms with Gasteiger partial charge in [-0.2, -0.15) is 0 Å². The van der Waals surface area contributed by atoms with Crippen LogP contribution in [-0.2, 0) is 0 Å². The van der Waals surface area contributed by atoms with E-state index >= 15 is 0 Å². The minimum Gasteiger partial charge on any atom is -0.397 e. The van der Waals surface area contributed by atoms with Crippen LogP contribution < -0.4 is 5.73 Å². The maximum absolute atomic E-state index is 12.0. The van der Waals surface area contributed by atoms with Gasteiger partial charge in [0, 0.05) is 12.6 Å². The van der Waals surface area contributed by atoms with Gasteiger partial charge in [0.15, 0.2) is 0 Å². The number of nitrogens with two attached hydrogens (primary N) is 1. The van der Waals surface area contributed by atoms with Gasteiger partial charge in [0.05, 0.1) is 18.5 Å². The fourth-order valence-corrected chi connectivity index (χ4v) is 1.62. The van der Waals surface area contributed by atoms with Crippen molar-refractivity contribution < 1.29 is 9.90 Å². The van der Waals surface area contributed by atoms with Crippen LogP contribution in [0.1, 0.15) is 23.3 Å². The Morgan fingerprint density at radius 3 is 2.81 bits per heavy atom. The van der Waals surface area contributed by atoms with Crippen molar-refractivity contribution in [3.63, 3.8) is 0 Å². The average Bonchev–Trinajstić information content (AvgIpc) is 3.10. The van der Waals surface area contributed by atoms with E-state index in [2.05, 4.69) is 4.98 Å². The number of nitrogens with zero attached hydrogens (tertiary/aromatic N) is 2. The summed E-state index contributed by atoms with van der Waals surface area (Å²) < 4.78 is 0. The zero-order valence-electron chi connectivity index (χ0n) is 8.97. The van der Waals surface area contributed by atoms with Crippen LogP contribution in [0.5, 0.6) is 0 Å². The van der Waals surface area contributed by atoms with Crippen LogP contribution in [0.3, 0.4) is 0 Å². The second kappa shape index (κ2) is 4.49. The fraction of sp³-hybridized carbons (Fsp3) is 0.455. The van der Waals surface area contributed by atoms with Crippen LogP contribution in [0.4, 0.5) is 5.69 Å². The molecule has 0 radical (unpaired) electrons. The number of amides is 1. The summed E-state index contributed by atoms with van der Waals surface area (Å²) in [7, 11) is 0. The van der Waals surface area contributed by atoms with E-state index in [1.54, 1.807) is 17.0 Å². The Morgan fingerprint density at radius 2 is 2.31 bits per heavy atom. The van der Waals surface area contributed by atoms with Crippen LogP contribution in [0.15, 0.2) is 18.3 Å². The molecular formula is C11H15N3O2. The molecule has 1 aromatic rings. The van der Waals surface area contributed by atoms with E-state index in [0.29, 0.717) is 17.9 Å². The van der Waals surface area contributed by atoms with E-state index < -0.39 is 0 Å². The number of pyridine rings is 1. The zero-order valence-corrected chi connectivity index (χ0v) is 8.97. The van der Waals surface area contributed by atoms with Gasteiger partial charge in [0.2, 0.25) is 0 Å². The number of aliphatic hydroxyl groups excluding tert-OH is 1. The Labute approximate surface area is 93.9 Å². The molecule has 1 heterocycles. The highest BCUT2D eigenvalue weighted by Gasteiger charge is 2.32. The molecule has 0 saturated heterocycles. The third-order valence-corrected chi connectivity index (χ3v) is 2.59. The molecule has 1 aromatic heterocycles. The number of aliphatic hydroxyl groups is 1. The summed E-state index contributed by atoms with van der Waals surface area (Å²) in [5.41, 5.74) is 6.43. The molecule has 5 nitrogen and oxygen atoms in total. The molecule has 1 fully saturated rings. The maximum Gasteiger partial charge on any atom is 0.272 e. The van der Waals surface area contributed by atoms with E-state index in [1.807, 2.05) is 0 Å². The van der Waals surface area contributed by atoms with Gasteiger partial charge in [0.1, 0.15) is 5.69 Å². The minimum atomic E-state index is -0.128. The molecule has 1 saturated carbocycles. The summed E-state index contributed by atoms with van der Waals surface area (Å²) in [4.78, 5) is 17.7. The van der Waals surface area contributed by atoms with E-state index in [1.165, 1.54) is 6.20 Å². The molecule has 0 spiro atoms. The lowest BCUT2D eigenvalue weighted by Crippen LogP contribution is -2.35. The Morgan fingerprint density at radius 1 is 1.56 bits per heavy atom. The zero-order chi connectivity index (χ0) is 11.5. The van der Waals surface area contributed by atoms with Gasteiger partial charge in [-0.1, -0.05) is 0 Å². The van der Waals surface area contributed by atoms with Gasteiger partial charge in [-0.25, -0.2) is 4.98 Å². The summed E-state index contributed by atoms with van der Waals surface area (Å²) in [5.74, 6) is -0.128. The maximum atomic E-state index is 12.0. The molecule has 1 aliphatic rings. The monoisotopic (exact) mass is 221 g/mol.